The minimum atomic E-state index is -0.0174. The first-order valence-electron chi connectivity index (χ1n) is 6.13. The highest BCUT2D eigenvalue weighted by Crippen LogP contribution is 2.28. The molecule has 1 aromatic carbocycles. The Bertz CT molecular complexity index is 590. The number of carbonyl (C=O) groups is 1. The van der Waals surface area contributed by atoms with Gasteiger partial charge in [-0.1, -0.05) is 28.2 Å². The second kappa shape index (κ2) is 5.27. The number of halogens is 1. The van der Waals surface area contributed by atoms with Gasteiger partial charge in [0.2, 0.25) is 0 Å². The molecule has 1 amide bonds. The van der Waals surface area contributed by atoms with Crippen molar-refractivity contribution in [3.8, 4) is 10.4 Å². The first-order chi connectivity index (χ1) is 9.25. The molecular formula is C13H12ClN3OS. The van der Waals surface area contributed by atoms with Crippen LogP contribution in [0.25, 0.3) is 10.4 Å². The Morgan fingerprint density at radius 2 is 1.89 bits per heavy atom. The molecule has 0 unspecified atom stereocenters. The number of likely N-dealkylation sites (tertiary alicyclic amines) is 1. The topological polar surface area (TPSA) is 46.1 Å². The highest BCUT2D eigenvalue weighted by Gasteiger charge is 2.25. The fourth-order valence-electron chi connectivity index (χ4n) is 2.19. The van der Waals surface area contributed by atoms with E-state index in [1.807, 2.05) is 17.0 Å². The number of hydrogen-bond donors (Lipinski definition) is 0. The Kier molecular flexibility index (Phi) is 3.48. The van der Waals surface area contributed by atoms with Crippen LogP contribution in [0.1, 0.15) is 23.3 Å². The van der Waals surface area contributed by atoms with Crippen molar-refractivity contribution in [3.05, 3.63) is 35.0 Å². The fourth-order valence-corrected chi connectivity index (χ4v) is 2.98. The summed E-state index contributed by atoms with van der Waals surface area (Å²) in [5, 5.41) is 4.68. The molecule has 0 N–H and O–H groups in total. The molecule has 6 heteroatoms. The van der Waals surface area contributed by atoms with Gasteiger partial charge in [-0.2, -0.15) is 0 Å². The van der Waals surface area contributed by atoms with Gasteiger partial charge in [-0.3, -0.25) is 4.79 Å². The van der Waals surface area contributed by atoms with Crippen LogP contribution in [-0.4, -0.2) is 33.5 Å². The first kappa shape index (κ1) is 12.6. The molecule has 1 aliphatic rings. The maximum atomic E-state index is 12.4. The van der Waals surface area contributed by atoms with Gasteiger partial charge in [0.15, 0.2) is 5.69 Å². The summed E-state index contributed by atoms with van der Waals surface area (Å²) in [4.78, 5) is 15.0. The lowest BCUT2D eigenvalue weighted by atomic mass is 10.1. The summed E-state index contributed by atoms with van der Waals surface area (Å²) < 4.78 is 3.92. The minimum absolute atomic E-state index is 0.0174. The van der Waals surface area contributed by atoms with Gasteiger partial charge < -0.3 is 4.90 Å². The van der Waals surface area contributed by atoms with Crippen LogP contribution >= 0.6 is 23.1 Å². The van der Waals surface area contributed by atoms with E-state index < -0.39 is 0 Å². The Labute approximate surface area is 120 Å². The van der Waals surface area contributed by atoms with E-state index in [0.29, 0.717) is 10.7 Å². The van der Waals surface area contributed by atoms with Gasteiger partial charge in [-0.05, 0) is 42.1 Å². The molecule has 0 atom stereocenters. The van der Waals surface area contributed by atoms with Crippen molar-refractivity contribution in [2.45, 2.75) is 12.8 Å². The van der Waals surface area contributed by atoms with Crippen LogP contribution in [0.2, 0.25) is 5.02 Å². The van der Waals surface area contributed by atoms with E-state index >= 15 is 0 Å². The lowest BCUT2D eigenvalue weighted by molar-refractivity contribution is 0.0788. The summed E-state index contributed by atoms with van der Waals surface area (Å²) in [5.41, 5.74) is 1.39. The third kappa shape index (κ3) is 2.48. The van der Waals surface area contributed by atoms with Crippen LogP contribution in [0.4, 0.5) is 0 Å². The van der Waals surface area contributed by atoms with E-state index in [2.05, 4.69) is 9.59 Å². The van der Waals surface area contributed by atoms with Crippen LogP contribution < -0.4 is 0 Å². The molecule has 0 aliphatic carbocycles. The third-order valence-corrected chi connectivity index (χ3v) is 4.22. The zero-order chi connectivity index (χ0) is 13.2. The Morgan fingerprint density at radius 3 is 2.58 bits per heavy atom. The first-order valence-corrected chi connectivity index (χ1v) is 7.28. The molecular weight excluding hydrogens is 282 g/mol. The van der Waals surface area contributed by atoms with Gasteiger partial charge in [0, 0.05) is 18.1 Å². The molecule has 0 radical (unpaired) electrons. The van der Waals surface area contributed by atoms with Crippen molar-refractivity contribution >= 4 is 29.0 Å². The van der Waals surface area contributed by atoms with Gasteiger partial charge in [0.1, 0.15) is 0 Å². The fraction of sp³-hybridized carbons (Fsp3) is 0.308. The number of hydrogen-bond acceptors (Lipinski definition) is 4. The second-order valence-corrected chi connectivity index (χ2v) is 5.65. The third-order valence-electron chi connectivity index (χ3n) is 3.19. The Hall–Kier alpha value is -1.46. The Balaban J connectivity index is 1.93. The van der Waals surface area contributed by atoms with Gasteiger partial charge in [-0.15, -0.1) is 5.10 Å². The molecule has 0 saturated carbocycles. The van der Waals surface area contributed by atoms with Gasteiger partial charge in [0.05, 0.1) is 4.88 Å². The summed E-state index contributed by atoms with van der Waals surface area (Å²) in [6, 6.07) is 7.39. The molecule has 2 heterocycles. The van der Waals surface area contributed by atoms with Gasteiger partial charge >= 0.3 is 0 Å². The number of benzene rings is 1. The van der Waals surface area contributed by atoms with Crippen LogP contribution in [0.5, 0.6) is 0 Å². The van der Waals surface area contributed by atoms with Crippen molar-refractivity contribution < 1.29 is 4.79 Å². The smallest absolute Gasteiger partial charge is 0.275 e. The zero-order valence-electron chi connectivity index (χ0n) is 10.2. The summed E-state index contributed by atoms with van der Waals surface area (Å²) in [7, 11) is 0. The van der Waals surface area contributed by atoms with E-state index in [1.165, 1.54) is 11.5 Å². The van der Waals surface area contributed by atoms with Crippen LogP contribution in [0.3, 0.4) is 0 Å². The van der Waals surface area contributed by atoms with Crippen molar-refractivity contribution in [3.63, 3.8) is 0 Å². The molecule has 0 bridgehead atoms. The van der Waals surface area contributed by atoms with E-state index in [0.717, 1.165) is 36.4 Å². The summed E-state index contributed by atoms with van der Waals surface area (Å²) in [5.74, 6) is -0.0174. The standard InChI is InChI=1S/C13H12ClN3OS/c14-10-5-3-9(4-6-10)12-11(15-16-19-12)13(18)17-7-1-2-8-17/h3-6H,1-2,7-8H2. The highest BCUT2D eigenvalue weighted by atomic mass is 35.5. The number of amides is 1. The largest absolute Gasteiger partial charge is 0.337 e. The molecule has 2 aromatic rings. The van der Waals surface area contributed by atoms with Gasteiger partial charge in [-0.25, -0.2) is 0 Å². The summed E-state index contributed by atoms with van der Waals surface area (Å²) >= 11 is 7.12. The van der Waals surface area contributed by atoms with Crippen molar-refractivity contribution in [2.75, 3.05) is 13.1 Å². The molecule has 1 saturated heterocycles. The van der Waals surface area contributed by atoms with Crippen molar-refractivity contribution in [2.24, 2.45) is 0 Å². The molecule has 98 valence electrons. The average molecular weight is 294 g/mol. The lowest BCUT2D eigenvalue weighted by Crippen LogP contribution is -2.28. The average Bonchev–Trinajstić information content (AvgIpc) is 3.10. The van der Waals surface area contributed by atoms with Crippen LogP contribution in [0, 0.1) is 0 Å². The maximum Gasteiger partial charge on any atom is 0.275 e. The predicted octanol–water partition coefficient (Wildman–Crippen LogP) is 3.09. The highest BCUT2D eigenvalue weighted by molar-refractivity contribution is 7.09. The van der Waals surface area contributed by atoms with Crippen molar-refractivity contribution in [1.29, 1.82) is 0 Å². The van der Waals surface area contributed by atoms with Crippen molar-refractivity contribution in [1.82, 2.24) is 14.5 Å². The molecule has 1 aromatic heterocycles. The lowest BCUT2D eigenvalue weighted by Gasteiger charge is -2.13. The maximum absolute atomic E-state index is 12.4. The quantitative estimate of drug-likeness (QED) is 0.855. The predicted molar refractivity (Wildman–Crippen MR) is 75.5 cm³/mol. The van der Waals surface area contributed by atoms with E-state index in [1.54, 1.807) is 12.1 Å². The monoisotopic (exact) mass is 293 g/mol. The van der Waals surface area contributed by atoms with Crippen LogP contribution in [0.15, 0.2) is 24.3 Å². The molecule has 3 rings (SSSR count). The summed E-state index contributed by atoms with van der Waals surface area (Å²) in [6.07, 6.45) is 2.14. The minimum Gasteiger partial charge on any atom is -0.337 e. The zero-order valence-corrected chi connectivity index (χ0v) is 11.7. The number of nitrogens with zero attached hydrogens (tertiary/aromatic N) is 3. The van der Waals surface area contributed by atoms with Gasteiger partial charge in [0.25, 0.3) is 5.91 Å². The molecule has 19 heavy (non-hydrogen) atoms. The number of carbonyl (C=O) groups excluding carboxylic acids is 1. The summed E-state index contributed by atoms with van der Waals surface area (Å²) in [6.45, 7) is 1.63. The number of rotatable bonds is 2. The normalized spacial score (nSPS) is 14.9. The van der Waals surface area contributed by atoms with E-state index in [4.69, 9.17) is 11.6 Å². The van der Waals surface area contributed by atoms with E-state index in [9.17, 15) is 4.79 Å². The molecule has 0 spiro atoms. The Morgan fingerprint density at radius 1 is 1.21 bits per heavy atom. The SMILES string of the molecule is O=C(c1nnsc1-c1ccc(Cl)cc1)N1CCCC1. The number of aromatic nitrogens is 2. The second-order valence-electron chi connectivity index (χ2n) is 4.46. The molecule has 1 fully saturated rings. The van der Waals surface area contributed by atoms with Crippen LogP contribution in [-0.2, 0) is 0 Å². The molecule has 1 aliphatic heterocycles. The molecule has 4 nitrogen and oxygen atoms in total. The van der Waals surface area contributed by atoms with E-state index in [-0.39, 0.29) is 5.91 Å².